The molecule has 0 saturated heterocycles. The molecule has 9 aromatic rings. The second-order valence-corrected chi connectivity index (χ2v) is 11.5. The number of hydrogen-bond acceptors (Lipinski definition) is 4. The Hall–Kier alpha value is -6.65. The van der Waals surface area contributed by atoms with Crippen LogP contribution in [0.25, 0.3) is 89.5 Å². The minimum Gasteiger partial charge on any atom is -0.456 e. The fourth-order valence-electron chi connectivity index (χ4n) is 5.87. The zero-order chi connectivity index (χ0) is 45.6. The molecule has 7 aromatic carbocycles. The largest absolute Gasteiger partial charge is 0.456 e. The Bertz CT molecular complexity index is 3230. The molecule has 0 aliphatic heterocycles. The normalized spacial score (nSPS) is 15.2. The first kappa shape index (κ1) is 18.2. The molecule has 0 spiro atoms. The highest BCUT2D eigenvalue weighted by atomic mass is 16.3. The van der Waals surface area contributed by atoms with E-state index in [2.05, 4.69) is 0 Å². The molecule has 0 N–H and O–H groups in total. The van der Waals surface area contributed by atoms with Crippen LogP contribution in [0.3, 0.4) is 0 Å². The summed E-state index contributed by atoms with van der Waals surface area (Å²) in [7, 11) is 0. The van der Waals surface area contributed by atoms with Crippen molar-refractivity contribution in [3.8, 4) is 67.5 Å². The summed E-state index contributed by atoms with van der Waals surface area (Å²) in [4.78, 5) is 14.5. The third-order valence-electron chi connectivity index (χ3n) is 8.27. The van der Waals surface area contributed by atoms with Gasteiger partial charge in [0.15, 0.2) is 17.5 Å². The summed E-state index contributed by atoms with van der Waals surface area (Å²) in [5, 5.41) is 1.16. The third-order valence-corrected chi connectivity index (χ3v) is 8.27. The highest BCUT2D eigenvalue weighted by Crippen LogP contribution is 2.38. The first-order chi connectivity index (χ1) is 30.5. The first-order valence-corrected chi connectivity index (χ1v) is 15.6. The second kappa shape index (κ2) is 12.4. The predicted molar refractivity (Wildman–Crippen MR) is 204 cm³/mol. The van der Waals surface area contributed by atoms with E-state index in [0.717, 1.165) is 0 Å². The Labute approximate surface area is 310 Å². The van der Waals surface area contributed by atoms with E-state index in [-0.39, 0.29) is 88.1 Å². The van der Waals surface area contributed by atoms with Gasteiger partial charge in [0.2, 0.25) is 0 Å². The molecule has 0 fully saturated rings. The molecule has 2 aromatic heterocycles. The Morgan fingerprint density at radius 3 is 1.66 bits per heavy atom. The van der Waals surface area contributed by atoms with Crippen LogP contribution in [0.2, 0.25) is 0 Å². The quantitative estimate of drug-likeness (QED) is 0.179. The lowest BCUT2D eigenvalue weighted by atomic mass is 9.99. The van der Waals surface area contributed by atoms with Crippen molar-refractivity contribution >= 4 is 21.9 Å². The smallest absolute Gasteiger partial charge is 0.164 e. The molecular formula is C46H31N3O. The van der Waals surface area contributed by atoms with Crippen LogP contribution in [0.4, 0.5) is 0 Å². The van der Waals surface area contributed by atoms with Crippen LogP contribution < -0.4 is 0 Å². The third kappa shape index (κ3) is 5.53. The molecule has 0 unspecified atom stereocenters. The summed E-state index contributed by atoms with van der Waals surface area (Å²) in [6, 6.07) is 18.9. The van der Waals surface area contributed by atoms with Gasteiger partial charge < -0.3 is 4.42 Å². The van der Waals surface area contributed by atoms with Gasteiger partial charge in [-0.2, -0.15) is 0 Å². The van der Waals surface area contributed by atoms with Crippen LogP contribution in [0.5, 0.6) is 0 Å². The van der Waals surface area contributed by atoms with Gasteiger partial charge in [0.05, 0.1) is 19.2 Å². The van der Waals surface area contributed by atoms with Crippen molar-refractivity contribution in [1.82, 2.24) is 15.0 Å². The fourth-order valence-corrected chi connectivity index (χ4v) is 5.87. The maximum absolute atomic E-state index is 8.64. The highest BCUT2D eigenvalue weighted by molar-refractivity contribution is 6.13. The van der Waals surface area contributed by atoms with Crippen LogP contribution in [-0.2, 0) is 0 Å². The number of benzene rings is 7. The van der Waals surface area contributed by atoms with E-state index in [0.29, 0.717) is 55.3 Å². The van der Waals surface area contributed by atoms with Crippen molar-refractivity contribution in [2.45, 2.75) is 6.92 Å². The summed E-state index contributed by atoms with van der Waals surface area (Å²) < 4.78 is 123. The standard InChI is InChI=1S/C46H31N3O/c1-30-10-8-15-37(28-30)33-20-24-36(25-21-33)45-47-44(35-22-18-32(19-23-35)31-11-4-2-5-12-31)48-46(49-45)38-26-27-40-42(29-38)50-41-17-9-16-39(43(40)41)34-13-6-3-7-14-34/h2-29H,1H3/i2D,3D,4D,5D,6D,7D,8D,10D,11D,12D,13D,14D,15D,28D. The van der Waals surface area contributed by atoms with E-state index in [4.69, 9.17) is 38.6 Å². The summed E-state index contributed by atoms with van der Waals surface area (Å²) in [5.41, 5.74) is 4.26. The van der Waals surface area contributed by atoms with Crippen molar-refractivity contribution in [3.63, 3.8) is 0 Å². The number of fused-ring (bicyclic) bond motifs is 3. The molecule has 236 valence electrons. The van der Waals surface area contributed by atoms with Crippen LogP contribution in [0.15, 0.2) is 174 Å². The molecule has 0 saturated carbocycles. The van der Waals surface area contributed by atoms with Crippen molar-refractivity contribution in [2.75, 3.05) is 0 Å². The molecule has 0 aliphatic carbocycles. The molecule has 2 heterocycles. The molecule has 0 bridgehead atoms. The van der Waals surface area contributed by atoms with E-state index in [9.17, 15) is 0 Å². The minimum absolute atomic E-state index is 0.0167. The maximum Gasteiger partial charge on any atom is 0.164 e. The van der Waals surface area contributed by atoms with E-state index in [1.807, 2.05) is 0 Å². The Kier molecular flexibility index (Phi) is 4.52. The van der Waals surface area contributed by atoms with Crippen molar-refractivity contribution in [2.24, 2.45) is 0 Å². The predicted octanol–water partition coefficient (Wildman–Crippen LogP) is 12.1. The summed E-state index contributed by atoms with van der Waals surface area (Å²) >= 11 is 0. The van der Waals surface area contributed by atoms with Crippen LogP contribution in [-0.4, -0.2) is 15.0 Å². The number of aromatic nitrogens is 3. The minimum atomic E-state index is -0.494. The number of hydrogen-bond donors (Lipinski definition) is 0. The van der Waals surface area contributed by atoms with Gasteiger partial charge in [-0.05, 0) is 58.5 Å². The lowest BCUT2D eigenvalue weighted by Crippen LogP contribution is -2.00. The lowest BCUT2D eigenvalue weighted by Gasteiger charge is -2.10. The molecule has 0 aliphatic rings. The monoisotopic (exact) mass is 655 g/mol. The van der Waals surface area contributed by atoms with E-state index >= 15 is 0 Å². The van der Waals surface area contributed by atoms with Crippen molar-refractivity contribution in [3.05, 3.63) is 175 Å². The van der Waals surface area contributed by atoms with Crippen LogP contribution in [0.1, 0.15) is 24.8 Å². The Morgan fingerprint density at radius 1 is 0.460 bits per heavy atom. The van der Waals surface area contributed by atoms with Crippen LogP contribution in [0, 0.1) is 6.92 Å². The average Bonchev–Trinajstić information content (AvgIpc) is 3.69. The van der Waals surface area contributed by atoms with Gasteiger partial charge in [0, 0.05) is 27.5 Å². The molecular weight excluding hydrogens is 611 g/mol. The van der Waals surface area contributed by atoms with Gasteiger partial charge >= 0.3 is 0 Å². The summed E-state index contributed by atoms with van der Waals surface area (Å²) in [6.07, 6.45) is 0. The SMILES string of the molecule is [2H]c1c([2H])c([2H])c(-c2ccc(-c3nc(-c4ccc(-c5c([2H])c([2H])c([2H])c(C)c5[2H])cc4)nc(-c4ccc5c(c4)oc4cccc(-c6c([2H])c([2H])c([2H])c([2H])c6[2H])c45)n3)cc2)c([2H])c1[2H]. The molecule has 0 amide bonds. The van der Waals surface area contributed by atoms with Gasteiger partial charge in [-0.3, -0.25) is 0 Å². The second-order valence-electron chi connectivity index (χ2n) is 11.5. The zero-order valence-corrected chi connectivity index (χ0v) is 26.3. The van der Waals surface area contributed by atoms with Crippen LogP contribution >= 0.6 is 0 Å². The number of furan rings is 1. The van der Waals surface area contributed by atoms with Gasteiger partial charge in [-0.1, -0.05) is 157 Å². The van der Waals surface area contributed by atoms with E-state index in [1.54, 1.807) is 91.9 Å². The zero-order valence-electron chi connectivity index (χ0n) is 40.3. The Morgan fingerprint density at radius 2 is 1.00 bits per heavy atom. The first-order valence-electron chi connectivity index (χ1n) is 22.6. The molecule has 50 heavy (non-hydrogen) atoms. The van der Waals surface area contributed by atoms with Gasteiger partial charge in [0.25, 0.3) is 0 Å². The molecule has 0 radical (unpaired) electrons. The summed E-state index contributed by atoms with van der Waals surface area (Å²) in [5.74, 6) is 0.701. The average molecular weight is 656 g/mol. The van der Waals surface area contributed by atoms with Gasteiger partial charge in [0.1, 0.15) is 11.2 Å². The molecule has 4 nitrogen and oxygen atoms in total. The molecule has 9 rings (SSSR count). The Balaban J connectivity index is 1.19. The van der Waals surface area contributed by atoms with Gasteiger partial charge in [-0.15, -0.1) is 0 Å². The molecule has 4 heteroatoms. The maximum atomic E-state index is 8.64. The summed E-state index contributed by atoms with van der Waals surface area (Å²) in [6.45, 7) is 1.58. The van der Waals surface area contributed by atoms with E-state index in [1.165, 1.54) is 0 Å². The topological polar surface area (TPSA) is 51.8 Å². The lowest BCUT2D eigenvalue weighted by molar-refractivity contribution is 0.669. The highest BCUT2D eigenvalue weighted by Gasteiger charge is 2.17. The fraction of sp³-hybridized carbons (Fsp3) is 0.0217. The van der Waals surface area contributed by atoms with E-state index < -0.39 is 36.3 Å². The number of rotatable bonds is 6. The van der Waals surface area contributed by atoms with Crippen molar-refractivity contribution < 1.29 is 23.6 Å². The van der Waals surface area contributed by atoms with Gasteiger partial charge in [-0.25, -0.2) is 15.0 Å². The number of nitrogens with zero attached hydrogens (tertiary/aromatic N) is 3. The van der Waals surface area contributed by atoms with Crippen molar-refractivity contribution in [1.29, 1.82) is 0 Å². The molecule has 0 atom stereocenters.